The summed E-state index contributed by atoms with van der Waals surface area (Å²) >= 11 is 0. The predicted molar refractivity (Wildman–Crippen MR) is 163 cm³/mol. The van der Waals surface area contributed by atoms with Crippen molar-refractivity contribution >= 4 is 10.1 Å². The predicted octanol–water partition coefficient (Wildman–Crippen LogP) is 7.16. The van der Waals surface area contributed by atoms with Gasteiger partial charge in [-0.1, -0.05) is 108 Å². The fraction of sp³-hybridized carbons (Fsp3) is 0.314. The lowest BCUT2D eigenvalue weighted by molar-refractivity contribution is -0.132. The molecule has 0 N–H and O–H groups in total. The van der Waals surface area contributed by atoms with Gasteiger partial charge in [0, 0.05) is 5.92 Å². The Morgan fingerprint density at radius 1 is 0.707 bits per heavy atom. The fourth-order valence-electron chi connectivity index (χ4n) is 5.89. The van der Waals surface area contributed by atoms with Crippen molar-refractivity contribution in [2.45, 2.75) is 63.4 Å². The molecule has 4 aromatic rings. The highest BCUT2D eigenvalue weighted by Gasteiger charge is 2.41. The minimum absolute atomic E-state index is 0.124. The fourth-order valence-corrected chi connectivity index (χ4v) is 6.89. The van der Waals surface area contributed by atoms with E-state index in [-0.39, 0.29) is 23.5 Å². The zero-order chi connectivity index (χ0) is 28.8. The van der Waals surface area contributed by atoms with Gasteiger partial charge in [-0.15, -0.1) is 0 Å². The summed E-state index contributed by atoms with van der Waals surface area (Å²) in [5, 5.41) is 0. The second-order valence-electron chi connectivity index (χ2n) is 11.1. The summed E-state index contributed by atoms with van der Waals surface area (Å²) in [6.45, 7) is 7.97. The van der Waals surface area contributed by atoms with Crippen molar-refractivity contribution in [1.82, 2.24) is 4.90 Å². The van der Waals surface area contributed by atoms with E-state index in [9.17, 15) is 8.42 Å². The maximum atomic E-state index is 13.8. The third-order valence-corrected chi connectivity index (χ3v) is 9.02. The van der Waals surface area contributed by atoms with E-state index >= 15 is 0 Å². The normalized spacial score (nSPS) is 15.7. The first kappa shape index (κ1) is 29.2. The van der Waals surface area contributed by atoms with Crippen LogP contribution in [-0.4, -0.2) is 38.7 Å². The minimum Gasteiger partial charge on any atom is -0.345 e. The van der Waals surface area contributed by atoms with E-state index in [1.54, 1.807) is 24.3 Å². The van der Waals surface area contributed by atoms with Gasteiger partial charge in [0.25, 0.3) is 10.1 Å². The maximum absolute atomic E-state index is 13.8. The van der Waals surface area contributed by atoms with Crippen LogP contribution in [0.3, 0.4) is 0 Å². The Kier molecular flexibility index (Phi) is 9.35. The smallest absolute Gasteiger partial charge is 0.299 e. The summed E-state index contributed by atoms with van der Waals surface area (Å²) in [6.07, 6.45) is 1.04. The molecule has 6 heteroatoms. The van der Waals surface area contributed by atoms with Crippen LogP contribution in [0.5, 0.6) is 0 Å². The molecule has 1 aliphatic heterocycles. The Bertz CT molecular complexity index is 1460. The second kappa shape index (κ2) is 13.1. The van der Waals surface area contributed by atoms with Gasteiger partial charge in [-0.25, -0.2) is 4.18 Å². The van der Waals surface area contributed by atoms with Gasteiger partial charge in [0.15, 0.2) is 6.29 Å². The van der Waals surface area contributed by atoms with Crippen LogP contribution in [0.4, 0.5) is 0 Å². The maximum Gasteiger partial charge on any atom is 0.299 e. The largest absolute Gasteiger partial charge is 0.345 e. The molecule has 214 valence electrons. The molecule has 5 rings (SSSR count). The van der Waals surface area contributed by atoms with E-state index in [1.165, 1.54) is 0 Å². The Labute approximate surface area is 244 Å². The van der Waals surface area contributed by atoms with Gasteiger partial charge in [0.2, 0.25) is 0 Å². The molecule has 4 aromatic carbocycles. The third-order valence-electron chi connectivity index (χ3n) is 7.73. The average Bonchev–Trinajstić information content (AvgIpc) is 3.49. The molecule has 1 fully saturated rings. The number of rotatable bonds is 11. The number of ether oxygens (including phenoxy) is 1. The SMILES string of the molecule is Cc1ccc(S(=O)(=O)OC(OCc2cc(C)cc(C)c2)C(C(c2ccccc2)c2ccccc2)N2CCCC2)cc1. The van der Waals surface area contributed by atoms with E-state index in [2.05, 4.69) is 61.2 Å². The van der Waals surface area contributed by atoms with Crippen LogP contribution in [0.2, 0.25) is 0 Å². The monoisotopic (exact) mass is 569 g/mol. The summed E-state index contributed by atoms with van der Waals surface area (Å²) in [5.74, 6) is -0.173. The highest BCUT2D eigenvalue weighted by molar-refractivity contribution is 7.86. The molecule has 0 amide bonds. The Hall–Kier alpha value is -3.29. The van der Waals surface area contributed by atoms with Gasteiger partial charge < -0.3 is 4.74 Å². The molecule has 5 nitrogen and oxygen atoms in total. The van der Waals surface area contributed by atoms with Gasteiger partial charge in [-0.05, 0) is 75.5 Å². The molecule has 1 heterocycles. The number of aryl methyl sites for hydroxylation is 3. The highest BCUT2D eigenvalue weighted by atomic mass is 32.2. The Morgan fingerprint density at radius 3 is 1.78 bits per heavy atom. The summed E-state index contributed by atoms with van der Waals surface area (Å²) in [4.78, 5) is 2.47. The van der Waals surface area contributed by atoms with Crippen molar-refractivity contribution in [3.05, 3.63) is 137 Å². The van der Waals surface area contributed by atoms with Gasteiger partial charge in [-0.3, -0.25) is 4.90 Å². The van der Waals surface area contributed by atoms with Crippen LogP contribution in [0.15, 0.2) is 108 Å². The van der Waals surface area contributed by atoms with E-state index < -0.39 is 16.4 Å². The molecule has 0 spiro atoms. The van der Waals surface area contributed by atoms with E-state index in [0.717, 1.165) is 59.3 Å². The average molecular weight is 570 g/mol. The molecule has 1 saturated heterocycles. The molecule has 2 atom stereocenters. The lowest BCUT2D eigenvalue weighted by Gasteiger charge is -2.39. The van der Waals surface area contributed by atoms with Crippen LogP contribution in [-0.2, 0) is 25.6 Å². The van der Waals surface area contributed by atoms with Gasteiger partial charge in [0.1, 0.15) is 0 Å². The topological polar surface area (TPSA) is 55.8 Å². The van der Waals surface area contributed by atoms with Crippen molar-refractivity contribution in [3.63, 3.8) is 0 Å². The zero-order valence-corrected chi connectivity index (χ0v) is 24.9. The molecule has 1 aliphatic rings. The number of hydrogen-bond acceptors (Lipinski definition) is 5. The van der Waals surface area contributed by atoms with E-state index in [4.69, 9.17) is 8.92 Å². The van der Waals surface area contributed by atoms with Crippen LogP contribution >= 0.6 is 0 Å². The minimum atomic E-state index is -4.12. The van der Waals surface area contributed by atoms with Gasteiger partial charge in [0.05, 0.1) is 17.5 Å². The Morgan fingerprint density at radius 2 is 1.24 bits per heavy atom. The molecule has 0 radical (unpaired) electrons. The molecular weight excluding hydrogens is 530 g/mol. The van der Waals surface area contributed by atoms with E-state index in [0.29, 0.717) is 0 Å². The lowest BCUT2D eigenvalue weighted by Crippen LogP contribution is -2.49. The lowest BCUT2D eigenvalue weighted by atomic mass is 9.84. The molecule has 0 aromatic heterocycles. The molecule has 0 aliphatic carbocycles. The molecule has 0 bridgehead atoms. The quantitative estimate of drug-likeness (QED) is 0.142. The van der Waals surface area contributed by atoms with Crippen molar-refractivity contribution in [2.75, 3.05) is 13.1 Å². The molecule has 2 unspecified atom stereocenters. The number of hydrogen-bond donors (Lipinski definition) is 0. The second-order valence-corrected chi connectivity index (χ2v) is 12.6. The first-order chi connectivity index (χ1) is 19.8. The highest BCUT2D eigenvalue weighted by Crippen LogP contribution is 2.37. The summed E-state index contributed by atoms with van der Waals surface area (Å²) < 4.78 is 40.3. The van der Waals surface area contributed by atoms with Gasteiger partial charge >= 0.3 is 0 Å². The first-order valence-corrected chi connectivity index (χ1v) is 15.7. The van der Waals surface area contributed by atoms with Crippen LogP contribution < -0.4 is 0 Å². The van der Waals surface area contributed by atoms with Crippen molar-refractivity contribution in [3.8, 4) is 0 Å². The number of nitrogens with zero attached hydrogens (tertiary/aromatic N) is 1. The van der Waals surface area contributed by atoms with E-state index in [1.807, 2.05) is 43.3 Å². The zero-order valence-electron chi connectivity index (χ0n) is 24.1. The van der Waals surface area contributed by atoms with Crippen LogP contribution in [0.1, 0.15) is 52.1 Å². The van der Waals surface area contributed by atoms with Crippen LogP contribution in [0.25, 0.3) is 0 Å². The molecular formula is C35H39NO4S. The third kappa shape index (κ3) is 7.32. The summed E-state index contributed by atoms with van der Waals surface area (Å²) in [6, 6.07) is 33.2. The molecule has 41 heavy (non-hydrogen) atoms. The molecule has 0 saturated carbocycles. The number of likely N-dealkylation sites (tertiary alicyclic amines) is 1. The summed E-state index contributed by atoms with van der Waals surface area (Å²) in [7, 11) is -4.12. The first-order valence-electron chi connectivity index (χ1n) is 14.3. The number of benzene rings is 4. The Balaban J connectivity index is 1.60. The summed E-state index contributed by atoms with van der Waals surface area (Å²) in [5.41, 5.74) is 6.42. The van der Waals surface area contributed by atoms with Crippen molar-refractivity contribution in [1.29, 1.82) is 0 Å². The van der Waals surface area contributed by atoms with Crippen LogP contribution in [0, 0.1) is 20.8 Å². The van der Waals surface area contributed by atoms with Crippen molar-refractivity contribution < 1.29 is 17.3 Å². The standard InChI is InChI=1S/C35H39NO4S/c1-26-16-18-32(19-17-26)41(37,38)40-35(39-25-29-23-27(2)22-28(3)24-29)34(36-20-10-11-21-36)33(30-12-6-4-7-13-30)31-14-8-5-9-15-31/h4-9,12-19,22-24,33-35H,10-11,20-21,25H2,1-3H3. The van der Waals surface area contributed by atoms with Gasteiger partial charge in [-0.2, -0.15) is 8.42 Å². The van der Waals surface area contributed by atoms with Crippen molar-refractivity contribution in [2.24, 2.45) is 0 Å².